The lowest BCUT2D eigenvalue weighted by molar-refractivity contribution is 0.0719. The topological polar surface area (TPSA) is 82.9 Å². The molecule has 1 amide bonds. The van der Waals surface area contributed by atoms with Crippen LogP contribution in [0.25, 0.3) is 0 Å². The number of carbonyl (C=O) groups excluding carboxylic acids is 1. The average Bonchev–Trinajstić information content (AvgIpc) is 3.04. The van der Waals surface area contributed by atoms with E-state index >= 15 is 0 Å². The molecule has 1 aliphatic rings. The molecule has 0 unspecified atom stereocenters. The highest BCUT2D eigenvalue weighted by Gasteiger charge is 2.27. The SMILES string of the molecule is CN(C)Cc1n[nH]c2c1CCN(C(=O)c1ncn(C)n1)C2. The van der Waals surface area contributed by atoms with Crippen molar-refractivity contribution in [2.75, 3.05) is 20.6 Å². The standard InChI is InChI=1S/C13H19N7O/c1-18(2)6-10-9-4-5-20(7-11(9)16-15-10)13(21)12-14-8-19(3)17-12/h8H,4-7H2,1-3H3,(H,15,16). The fourth-order valence-corrected chi connectivity index (χ4v) is 2.57. The van der Waals surface area contributed by atoms with Gasteiger partial charge in [0, 0.05) is 25.7 Å². The molecule has 8 heteroatoms. The van der Waals surface area contributed by atoms with Gasteiger partial charge in [-0.2, -0.15) is 5.10 Å². The van der Waals surface area contributed by atoms with Gasteiger partial charge in [0.15, 0.2) is 0 Å². The number of hydrogen-bond acceptors (Lipinski definition) is 5. The van der Waals surface area contributed by atoms with Gasteiger partial charge in [0.05, 0.1) is 17.9 Å². The zero-order valence-corrected chi connectivity index (χ0v) is 12.5. The number of nitrogens with one attached hydrogen (secondary N) is 1. The maximum absolute atomic E-state index is 12.4. The Hall–Kier alpha value is -2.22. The number of carbonyl (C=O) groups is 1. The summed E-state index contributed by atoms with van der Waals surface area (Å²) < 4.78 is 1.54. The first-order valence-electron chi connectivity index (χ1n) is 6.89. The summed E-state index contributed by atoms with van der Waals surface area (Å²) in [6.07, 6.45) is 2.35. The van der Waals surface area contributed by atoms with Gasteiger partial charge in [-0.05, 0) is 20.5 Å². The van der Waals surface area contributed by atoms with Crippen LogP contribution in [-0.2, 0) is 26.6 Å². The highest BCUT2D eigenvalue weighted by Crippen LogP contribution is 2.21. The van der Waals surface area contributed by atoms with Gasteiger partial charge in [-0.3, -0.25) is 14.6 Å². The van der Waals surface area contributed by atoms with E-state index < -0.39 is 0 Å². The number of hydrogen-bond donors (Lipinski definition) is 1. The Morgan fingerprint density at radius 2 is 2.29 bits per heavy atom. The minimum Gasteiger partial charge on any atom is -0.330 e. The first kappa shape index (κ1) is 13.7. The molecule has 2 aromatic heterocycles. The Labute approximate surface area is 122 Å². The summed E-state index contributed by atoms with van der Waals surface area (Å²) in [7, 11) is 5.79. The van der Waals surface area contributed by atoms with Crippen molar-refractivity contribution < 1.29 is 4.79 Å². The molecule has 3 heterocycles. The Morgan fingerprint density at radius 1 is 1.48 bits per heavy atom. The number of aryl methyl sites for hydroxylation is 1. The first-order chi connectivity index (χ1) is 10.0. The second-order valence-electron chi connectivity index (χ2n) is 5.58. The van der Waals surface area contributed by atoms with Crippen LogP contribution in [0.3, 0.4) is 0 Å². The van der Waals surface area contributed by atoms with Gasteiger partial charge in [-0.15, -0.1) is 5.10 Å². The molecule has 0 fully saturated rings. The molecular weight excluding hydrogens is 270 g/mol. The Morgan fingerprint density at radius 3 is 2.95 bits per heavy atom. The van der Waals surface area contributed by atoms with Crippen LogP contribution in [-0.4, -0.2) is 61.3 Å². The fraction of sp³-hybridized carbons (Fsp3) is 0.538. The molecule has 2 aromatic rings. The summed E-state index contributed by atoms with van der Waals surface area (Å²) in [4.78, 5) is 20.2. The van der Waals surface area contributed by atoms with Gasteiger partial charge < -0.3 is 9.80 Å². The molecule has 0 aromatic carbocycles. The maximum atomic E-state index is 12.4. The van der Waals surface area contributed by atoms with E-state index in [1.54, 1.807) is 11.9 Å². The van der Waals surface area contributed by atoms with E-state index in [0.29, 0.717) is 13.1 Å². The number of amides is 1. The third kappa shape index (κ3) is 2.66. The largest absolute Gasteiger partial charge is 0.330 e. The van der Waals surface area contributed by atoms with Crippen molar-refractivity contribution >= 4 is 5.91 Å². The minimum atomic E-state index is -0.134. The number of H-pyrrole nitrogens is 1. The van der Waals surface area contributed by atoms with Crippen LogP contribution >= 0.6 is 0 Å². The van der Waals surface area contributed by atoms with Gasteiger partial charge in [-0.25, -0.2) is 4.98 Å². The van der Waals surface area contributed by atoms with E-state index in [-0.39, 0.29) is 11.7 Å². The van der Waals surface area contributed by atoms with Gasteiger partial charge in [-0.1, -0.05) is 0 Å². The zero-order valence-electron chi connectivity index (χ0n) is 12.5. The lowest BCUT2D eigenvalue weighted by Gasteiger charge is -2.26. The molecule has 112 valence electrons. The average molecular weight is 289 g/mol. The van der Waals surface area contributed by atoms with Crippen LogP contribution in [0, 0.1) is 0 Å². The van der Waals surface area contributed by atoms with Crippen molar-refractivity contribution in [3.05, 3.63) is 29.1 Å². The summed E-state index contributed by atoms with van der Waals surface area (Å²) in [5.74, 6) is 0.110. The minimum absolute atomic E-state index is 0.134. The maximum Gasteiger partial charge on any atom is 0.293 e. The second kappa shape index (κ2) is 5.28. The van der Waals surface area contributed by atoms with E-state index in [4.69, 9.17) is 0 Å². The third-order valence-electron chi connectivity index (χ3n) is 3.56. The molecule has 0 aliphatic carbocycles. The molecule has 0 saturated carbocycles. The summed E-state index contributed by atoms with van der Waals surface area (Å²) in [5, 5.41) is 11.5. The third-order valence-corrected chi connectivity index (χ3v) is 3.56. The molecule has 21 heavy (non-hydrogen) atoms. The van der Waals surface area contributed by atoms with Crippen molar-refractivity contribution in [2.45, 2.75) is 19.5 Å². The molecule has 0 saturated heterocycles. The van der Waals surface area contributed by atoms with Crippen molar-refractivity contribution in [1.82, 2.24) is 34.8 Å². The summed E-state index contributed by atoms with van der Waals surface area (Å²) in [6, 6.07) is 0. The van der Waals surface area contributed by atoms with Crippen molar-refractivity contribution in [3.63, 3.8) is 0 Å². The molecule has 8 nitrogen and oxygen atoms in total. The Bertz CT molecular complexity index is 657. The summed E-state index contributed by atoms with van der Waals surface area (Å²) in [5.41, 5.74) is 3.32. The lowest BCUT2D eigenvalue weighted by atomic mass is 10.0. The zero-order chi connectivity index (χ0) is 15.0. The molecule has 1 N–H and O–H groups in total. The van der Waals surface area contributed by atoms with E-state index in [1.165, 1.54) is 16.6 Å². The van der Waals surface area contributed by atoms with Gasteiger partial charge >= 0.3 is 0 Å². The predicted molar refractivity (Wildman–Crippen MR) is 75.4 cm³/mol. The highest BCUT2D eigenvalue weighted by atomic mass is 16.2. The molecule has 3 rings (SSSR count). The van der Waals surface area contributed by atoms with Gasteiger partial charge in [0.25, 0.3) is 5.91 Å². The Balaban J connectivity index is 1.76. The lowest BCUT2D eigenvalue weighted by Crippen LogP contribution is -2.36. The second-order valence-corrected chi connectivity index (χ2v) is 5.58. The number of fused-ring (bicyclic) bond motifs is 1. The van der Waals surface area contributed by atoms with Crippen molar-refractivity contribution in [2.24, 2.45) is 7.05 Å². The van der Waals surface area contributed by atoms with Crippen LogP contribution in [0.15, 0.2) is 6.33 Å². The summed E-state index contributed by atoms with van der Waals surface area (Å²) >= 11 is 0. The van der Waals surface area contributed by atoms with Crippen LogP contribution in [0.2, 0.25) is 0 Å². The molecule has 0 radical (unpaired) electrons. The van der Waals surface area contributed by atoms with Gasteiger partial charge in [0.2, 0.25) is 5.82 Å². The van der Waals surface area contributed by atoms with E-state index in [1.807, 2.05) is 14.1 Å². The first-order valence-corrected chi connectivity index (χ1v) is 6.89. The van der Waals surface area contributed by atoms with Crippen LogP contribution in [0.1, 0.15) is 27.6 Å². The number of nitrogens with zero attached hydrogens (tertiary/aromatic N) is 6. The monoisotopic (exact) mass is 289 g/mol. The van der Waals surface area contributed by atoms with Crippen LogP contribution in [0.5, 0.6) is 0 Å². The summed E-state index contributed by atoms with van der Waals surface area (Å²) in [6.45, 7) is 2.01. The van der Waals surface area contributed by atoms with Crippen LogP contribution < -0.4 is 0 Å². The molecule has 1 aliphatic heterocycles. The fourth-order valence-electron chi connectivity index (χ4n) is 2.57. The normalized spacial score (nSPS) is 14.6. The van der Waals surface area contributed by atoms with E-state index in [9.17, 15) is 4.79 Å². The number of rotatable bonds is 3. The molecular formula is C13H19N7O. The van der Waals surface area contributed by atoms with Crippen LogP contribution in [0.4, 0.5) is 0 Å². The molecule has 0 atom stereocenters. The predicted octanol–water partition coefficient (Wildman–Crippen LogP) is -0.202. The molecule has 0 spiro atoms. The van der Waals surface area contributed by atoms with Crippen molar-refractivity contribution in [1.29, 1.82) is 0 Å². The number of aromatic amines is 1. The quantitative estimate of drug-likeness (QED) is 0.846. The van der Waals surface area contributed by atoms with E-state index in [2.05, 4.69) is 25.2 Å². The van der Waals surface area contributed by atoms with Crippen molar-refractivity contribution in [3.8, 4) is 0 Å². The molecule has 0 bridgehead atoms. The Kier molecular flexibility index (Phi) is 3.46. The number of aromatic nitrogens is 5. The highest BCUT2D eigenvalue weighted by molar-refractivity contribution is 5.90. The smallest absolute Gasteiger partial charge is 0.293 e. The van der Waals surface area contributed by atoms with Gasteiger partial charge in [0.1, 0.15) is 6.33 Å². The van der Waals surface area contributed by atoms with E-state index in [0.717, 1.165) is 24.4 Å².